The molecule has 1 aromatic heterocycles. The van der Waals surface area contributed by atoms with Crippen molar-refractivity contribution < 1.29 is 9.53 Å². The van der Waals surface area contributed by atoms with Crippen LogP contribution in [0.2, 0.25) is 0 Å². The fourth-order valence-corrected chi connectivity index (χ4v) is 4.28. The Morgan fingerprint density at radius 1 is 1.15 bits per heavy atom. The van der Waals surface area contributed by atoms with E-state index < -0.39 is 5.54 Å². The number of amides is 1. The summed E-state index contributed by atoms with van der Waals surface area (Å²) in [4.78, 5) is 15.1. The van der Waals surface area contributed by atoms with Crippen molar-refractivity contribution in [2.45, 2.75) is 52.5 Å². The Morgan fingerprint density at radius 2 is 1.88 bits per heavy atom. The number of nitrogens with one attached hydrogen (secondary N) is 1. The van der Waals surface area contributed by atoms with Crippen molar-refractivity contribution in [2.75, 3.05) is 6.61 Å². The highest BCUT2D eigenvalue weighted by atomic mass is 32.1. The van der Waals surface area contributed by atoms with Crippen LogP contribution in [0.3, 0.4) is 0 Å². The van der Waals surface area contributed by atoms with Crippen LogP contribution < -0.4 is 10.1 Å². The summed E-state index contributed by atoms with van der Waals surface area (Å²) in [6.45, 7) is 9.02. The van der Waals surface area contributed by atoms with E-state index in [0.717, 1.165) is 48.3 Å². The Balaban J connectivity index is 1.84. The van der Waals surface area contributed by atoms with Gasteiger partial charge in [-0.2, -0.15) is 0 Å². The molecular weight excluding hydrogens is 342 g/mol. The van der Waals surface area contributed by atoms with E-state index in [1.165, 1.54) is 9.75 Å². The molecule has 0 bridgehead atoms. The molecule has 138 valence electrons. The number of rotatable bonds is 6. The van der Waals surface area contributed by atoms with Gasteiger partial charge >= 0.3 is 0 Å². The maximum absolute atomic E-state index is 12.6. The summed E-state index contributed by atoms with van der Waals surface area (Å²) in [5.74, 6) is 0.900. The van der Waals surface area contributed by atoms with E-state index in [-0.39, 0.29) is 5.91 Å². The molecule has 1 amide bonds. The summed E-state index contributed by atoms with van der Waals surface area (Å²) >= 11 is 1.75. The maximum atomic E-state index is 12.6. The van der Waals surface area contributed by atoms with E-state index in [1.807, 2.05) is 19.1 Å². The third-order valence-electron chi connectivity index (χ3n) is 5.01. The molecule has 0 saturated heterocycles. The van der Waals surface area contributed by atoms with Gasteiger partial charge in [-0.05, 0) is 62.6 Å². The molecule has 0 fully saturated rings. The second-order valence-electron chi connectivity index (χ2n) is 7.20. The van der Waals surface area contributed by atoms with Crippen LogP contribution in [0, 0.1) is 6.92 Å². The minimum Gasteiger partial charge on any atom is -0.494 e. The van der Waals surface area contributed by atoms with Gasteiger partial charge in [0.15, 0.2) is 0 Å². The maximum Gasteiger partial charge on any atom is 0.247 e. The number of benzene rings is 1. The summed E-state index contributed by atoms with van der Waals surface area (Å²) in [7, 11) is 0. The first-order chi connectivity index (χ1) is 12.4. The predicted octanol–water partition coefficient (Wildman–Crippen LogP) is 5.44. The molecule has 0 unspecified atom stereocenters. The van der Waals surface area contributed by atoms with Gasteiger partial charge in [-0.1, -0.05) is 25.5 Å². The summed E-state index contributed by atoms with van der Waals surface area (Å²) in [5.41, 5.74) is 2.67. The van der Waals surface area contributed by atoms with Crippen LogP contribution in [0.5, 0.6) is 5.75 Å². The lowest BCUT2D eigenvalue weighted by Gasteiger charge is -2.37. The number of carbonyl (C=O) groups excluding carboxylic acids is 1. The van der Waals surface area contributed by atoms with Crippen LogP contribution in [0.1, 0.15) is 55.4 Å². The van der Waals surface area contributed by atoms with Crippen LogP contribution in [0.4, 0.5) is 0 Å². The van der Waals surface area contributed by atoms with Crippen LogP contribution in [-0.2, 0) is 10.3 Å². The minimum absolute atomic E-state index is 0.0167. The first-order valence-electron chi connectivity index (χ1n) is 9.25. The van der Waals surface area contributed by atoms with E-state index in [9.17, 15) is 4.79 Å². The van der Waals surface area contributed by atoms with E-state index >= 15 is 0 Å². The van der Waals surface area contributed by atoms with E-state index in [4.69, 9.17) is 4.74 Å². The summed E-state index contributed by atoms with van der Waals surface area (Å²) < 4.78 is 5.76. The molecule has 1 aliphatic heterocycles. The van der Waals surface area contributed by atoms with Crippen LogP contribution in [0.25, 0.3) is 5.57 Å². The number of carbonyl (C=O) groups is 1. The molecule has 1 aliphatic rings. The summed E-state index contributed by atoms with van der Waals surface area (Å²) in [6, 6.07) is 12.4. The normalized spacial score (nSPS) is 20.2. The van der Waals surface area contributed by atoms with E-state index in [2.05, 4.69) is 50.4 Å². The molecule has 1 N–H and O–H groups in total. The molecule has 3 nitrogen and oxygen atoms in total. The van der Waals surface area contributed by atoms with Crippen molar-refractivity contribution in [3.05, 3.63) is 57.3 Å². The SMILES string of the molecule is CCCCOc1ccc([C@]2(C)CC(c3ccc(C)s3)=C(C)C(=O)N2)cc1. The summed E-state index contributed by atoms with van der Waals surface area (Å²) in [5, 5.41) is 3.20. The van der Waals surface area contributed by atoms with Gasteiger partial charge in [0.1, 0.15) is 5.75 Å². The molecule has 1 atom stereocenters. The van der Waals surface area contributed by atoms with Crippen molar-refractivity contribution in [1.82, 2.24) is 5.32 Å². The number of ether oxygens (including phenoxy) is 1. The molecule has 0 aliphatic carbocycles. The Labute approximate surface area is 160 Å². The van der Waals surface area contributed by atoms with Gasteiger partial charge in [0.2, 0.25) is 5.91 Å². The highest BCUT2D eigenvalue weighted by Gasteiger charge is 2.36. The molecule has 1 aromatic carbocycles. The first-order valence-corrected chi connectivity index (χ1v) is 10.1. The van der Waals surface area contributed by atoms with Gasteiger partial charge in [-0.25, -0.2) is 0 Å². The van der Waals surface area contributed by atoms with Crippen molar-refractivity contribution >= 4 is 22.8 Å². The zero-order valence-corrected chi connectivity index (χ0v) is 16.8. The largest absolute Gasteiger partial charge is 0.494 e. The number of hydrogen-bond donors (Lipinski definition) is 1. The van der Waals surface area contributed by atoms with Crippen molar-refractivity contribution in [1.29, 1.82) is 0 Å². The third kappa shape index (κ3) is 3.85. The molecule has 26 heavy (non-hydrogen) atoms. The van der Waals surface area contributed by atoms with Crippen molar-refractivity contribution in [3.63, 3.8) is 0 Å². The molecule has 0 spiro atoms. The first kappa shape index (κ1) is 18.7. The van der Waals surface area contributed by atoms with Gasteiger partial charge in [0.25, 0.3) is 0 Å². The topological polar surface area (TPSA) is 38.3 Å². The Kier molecular flexibility index (Phi) is 5.52. The smallest absolute Gasteiger partial charge is 0.247 e. The molecule has 2 aromatic rings. The van der Waals surface area contributed by atoms with E-state index in [1.54, 1.807) is 11.3 Å². The number of thiophene rings is 1. The third-order valence-corrected chi connectivity index (χ3v) is 6.07. The number of aryl methyl sites for hydroxylation is 1. The lowest BCUT2D eigenvalue weighted by molar-refractivity contribution is -0.119. The highest BCUT2D eigenvalue weighted by Crippen LogP contribution is 2.40. The highest BCUT2D eigenvalue weighted by molar-refractivity contribution is 7.13. The Morgan fingerprint density at radius 3 is 2.50 bits per heavy atom. The Bertz CT molecular complexity index is 819. The molecule has 2 heterocycles. The minimum atomic E-state index is -0.411. The van der Waals surface area contributed by atoms with E-state index in [0.29, 0.717) is 0 Å². The Hall–Kier alpha value is -2.07. The standard InChI is InChI=1S/C22H27NO2S/c1-5-6-13-25-18-10-8-17(9-11-18)22(4)14-19(16(3)21(24)23-22)20-12-7-15(2)26-20/h7-12H,5-6,13-14H2,1-4H3,(H,23,24)/t22-/m0/s1. The molecular formula is C22H27NO2S. The van der Waals surface area contributed by atoms with Gasteiger partial charge in [-0.15, -0.1) is 11.3 Å². The lowest BCUT2D eigenvalue weighted by atomic mass is 9.80. The van der Waals surface area contributed by atoms with Crippen LogP contribution in [-0.4, -0.2) is 12.5 Å². The predicted molar refractivity (Wildman–Crippen MR) is 109 cm³/mol. The van der Waals surface area contributed by atoms with Gasteiger partial charge in [0.05, 0.1) is 12.1 Å². The molecule has 0 radical (unpaired) electrons. The van der Waals surface area contributed by atoms with Gasteiger partial charge in [-0.3, -0.25) is 4.79 Å². The zero-order chi connectivity index (χ0) is 18.7. The fourth-order valence-electron chi connectivity index (χ4n) is 3.31. The van der Waals surface area contributed by atoms with Crippen LogP contribution in [0.15, 0.2) is 42.0 Å². The molecule has 0 saturated carbocycles. The second-order valence-corrected chi connectivity index (χ2v) is 8.49. The van der Waals surface area contributed by atoms with Crippen LogP contribution >= 0.6 is 11.3 Å². The average Bonchev–Trinajstić information content (AvgIpc) is 3.05. The summed E-state index contributed by atoms with van der Waals surface area (Å²) in [6.07, 6.45) is 2.97. The van der Waals surface area contributed by atoms with Crippen molar-refractivity contribution in [2.24, 2.45) is 0 Å². The monoisotopic (exact) mass is 369 g/mol. The quantitative estimate of drug-likeness (QED) is 0.688. The zero-order valence-electron chi connectivity index (χ0n) is 16.0. The molecule has 3 rings (SSSR count). The average molecular weight is 370 g/mol. The molecule has 4 heteroatoms. The van der Waals surface area contributed by atoms with Gasteiger partial charge < -0.3 is 10.1 Å². The van der Waals surface area contributed by atoms with Gasteiger partial charge in [0, 0.05) is 21.7 Å². The number of hydrogen-bond acceptors (Lipinski definition) is 3. The van der Waals surface area contributed by atoms with Crippen molar-refractivity contribution in [3.8, 4) is 5.75 Å². The fraction of sp³-hybridized carbons (Fsp3) is 0.409. The number of unbranched alkanes of at least 4 members (excludes halogenated alkanes) is 1. The second kappa shape index (κ2) is 7.67. The lowest BCUT2D eigenvalue weighted by Crippen LogP contribution is -2.47.